The second-order valence-electron chi connectivity index (χ2n) is 15.2. The second kappa shape index (κ2) is 20.7. The molecule has 0 saturated heterocycles. The lowest BCUT2D eigenvalue weighted by Crippen LogP contribution is -2.27. The molecule has 2 aliphatic rings. The first-order valence-corrected chi connectivity index (χ1v) is 21.5. The smallest absolute Gasteiger partial charge is 0.134 e. The molecule has 284 valence electrons. The summed E-state index contributed by atoms with van der Waals surface area (Å²) < 4.78 is 13.3. The highest BCUT2D eigenvalue weighted by atomic mass is 32.2. The average Bonchev–Trinajstić information content (AvgIpc) is 3.21. The van der Waals surface area contributed by atoms with Crippen LogP contribution in [-0.2, 0) is 6.61 Å². The van der Waals surface area contributed by atoms with Crippen LogP contribution in [0, 0.1) is 30.6 Å². The van der Waals surface area contributed by atoms with Crippen molar-refractivity contribution in [1.82, 2.24) is 0 Å². The molecule has 3 nitrogen and oxygen atoms in total. The predicted octanol–water partition coefficient (Wildman–Crippen LogP) is 14.6. The molecular formula is C49H65NO2S. The predicted molar refractivity (Wildman–Crippen MR) is 230 cm³/mol. The molecule has 0 aliphatic heterocycles. The fraction of sp³-hybridized carbons (Fsp3) is 0.469. The fourth-order valence-corrected chi connectivity index (χ4v) is 9.57. The van der Waals surface area contributed by atoms with Gasteiger partial charge in [0.2, 0.25) is 0 Å². The minimum atomic E-state index is 0.499. The van der Waals surface area contributed by atoms with Gasteiger partial charge in [0.25, 0.3) is 0 Å². The zero-order valence-electron chi connectivity index (χ0n) is 33.5. The van der Waals surface area contributed by atoms with E-state index in [1.54, 1.807) is 11.8 Å². The normalized spacial score (nSPS) is 20.5. The zero-order valence-corrected chi connectivity index (χ0v) is 34.3. The molecule has 0 aromatic heterocycles. The zero-order chi connectivity index (χ0) is 37.6. The third kappa shape index (κ3) is 11.2. The molecule has 0 radical (unpaired) electrons. The highest BCUT2D eigenvalue weighted by Crippen LogP contribution is 2.47. The van der Waals surface area contributed by atoms with Crippen LogP contribution in [0.4, 0.5) is 5.69 Å². The molecule has 4 aromatic rings. The fourth-order valence-electron chi connectivity index (χ4n) is 8.31. The highest BCUT2D eigenvalue weighted by Gasteiger charge is 2.31. The summed E-state index contributed by atoms with van der Waals surface area (Å²) in [6.45, 7) is 14.3. The largest absolute Gasteiger partial charge is 0.493 e. The molecule has 6 rings (SSSR count). The van der Waals surface area contributed by atoms with Crippen LogP contribution in [0.3, 0.4) is 0 Å². The Bertz CT molecular complexity index is 1700. The van der Waals surface area contributed by atoms with Crippen molar-refractivity contribution in [3.05, 3.63) is 113 Å². The Morgan fingerprint density at radius 2 is 1.26 bits per heavy atom. The summed E-state index contributed by atoms with van der Waals surface area (Å²) in [5.74, 6) is 5.39. The average molecular weight is 732 g/mol. The Morgan fingerprint density at radius 1 is 0.679 bits per heavy atom. The minimum absolute atomic E-state index is 0.499. The van der Waals surface area contributed by atoms with Gasteiger partial charge in [0, 0.05) is 16.2 Å². The first-order chi connectivity index (χ1) is 25.9. The molecule has 2 fully saturated rings. The number of ether oxygens (including phenoxy) is 2. The van der Waals surface area contributed by atoms with Crippen LogP contribution < -0.4 is 15.2 Å². The van der Waals surface area contributed by atoms with E-state index in [0.717, 1.165) is 64.0 Å². The number of allylic oxidation sites excluding steroid dienone is 1. The Kier molecular flexibility index (Phi) is 15.9. The van der Waals surface area contributed by atoms with Gasteiger partial charge in [-0.05, 0) is 129 Å². The molecule has 0 unspecified atom stereocenters. The molecule has 2 aliphatic carbocycles. The maximum absolute atomic E-state index is 6.70. The number of rotatable bonds is 14. The minimum Gasteiger partial charge on any atom is -0.493 e. The molecule has 53 heavy (non-hydrogen) atoms. The lowest BCUT2D eigenvalue weighted by Gasteiger charge is -2.38. The monoisotopic (exact) mass is 731 g/mol. The van der Waals surface area contributed by atoms with Crippen molar-refractivity contribution in [2.75, 3.05) is 12.3 Å². The number of nitrogens with two attached hydrogens (primary N) is 1. The maximum Gasteiger partial charge on any atom is 0.134 e. The quantitative estimate of drug-likeness (QED) is 0.104. The lowest BCUT2D eigenvalue weighted by molar-refractivity contribution is 0.121. The summed E-state index contributed by atoms with van der Waals surface area (Å²) in [6, 6.07) is 31.7. The molecule has 0 amide bonds. The second-order valence-corrected chi connectivity index (χ2v) is 16.2. The topological polar surface area (TPSA) is 44.5 Å². The van der Waals surface area contributed by atoms with E-state index >= 15 is 0 Å². The van der Waals surface area contributed by atoms with E-state index in [1.807, 2.05) is 26.0 Å². The molecule has 0 atom stereocenters. The Morgan fingerprint density at radius 3 is 1.87 bits per heavy atom. The van der Waals surface area contributed by atoms with E-state index in [-0.39, 0.29) is 0 Å². The maximum atomic E-state index is 6.70. The SMILES string of the molecule is CC.CCCC1CCC(C2CCC(COc3ccc(OCc4ccc(-c5ccccc5)cc4)c(S/C(=C(/C)CC)c4ccc(N)cc4)c3C)CC2)CC1. The van der Waals surface area contributed by atoms with Crippen LogP contribution in [0.25, 0.3) is 16.0 Å². The van der Waals surface area contributed by atoms with Crippen molar-refractivity contribution in [3.8, 4) is 22.6 Å². The van der Waals surface area contributed by atoms with Crippen molar-refractivity contribution in [1.29, 1.82) is 0 Å². The van der Waals surface area contributed by atoms with Gasteiger partial charge in [-0.2, -0.15) is 0 Å². The van der Waals surface area contributed by atoms with E-state index < -0.39 is 0 Å². The van der Waals surface area contributed by atoms with Gasteiger partial charge in [0.05, 0.1) is 11.5 Å². The number of hydrogen-bond donors (Lipinski definition) is 1. The molecule has 2 N–H and O–H groups in total. The summed E-state index contributed by atoms with van der Waals surface area (Å²) in [6.07, 6.45) is 15.0. The Balaban J connectivity index is 0.00000266. The van der Waals surface area contributed by atoms with Gasteiger partial charge in [-0.1, -0.05) is 137 Å². The van der Waals surface area contributed by atoms with Gasteiger partial charge in [-0.3, -0.25) is 0 Å². The Labute approximate surface area is 326 Å². The molecule has 4 aromatic carbocycles. The molecule has 0 bridgehead atoms. The van der Waals surface area contributed by atoms with Crippen LogP contribution in [0.2, 0.25) is 0 Å². The summed E-state index contributed by atoms with van der Waals surface area (Å²) in [7, 11) is 0. The van der Waals surface area contributed by atoms with Crippen LogP contribution in [-0.4, -0.2) is 6.61 Å². The number of thioether (sulfide) groups is 1. The molecular weight excluding hydrogens is 667 g/mol. The summed E-state index contributed by atoms with van der Waals surface area (Å²) in [5, 5.41) is 0. The first kappa shape index (κ1) is 40.6. The van der Waals surface area contributed by atoms with Gasteiger partial charge in [-0.25, -0.2) is 0 Å². The van der Waals surface area contributed by atoms with E-state index in [9.17, 15) is 0 Å². The number of nitrogen functional groups attached to an aromatic ring is 1. The van der Waals surface area contributed by atoms with Gasteiger partial charge >= 0.3 is 0 Å². The number of hydrogen-bond acceptors (Lipinski definition) is 4. The van der Waals surface area contributed by atoms with E-state index in [0.29, 0.717) is 12.5 Å². The summed E-state index contributed by atoms with van der Waals surface area (Å²) in [4.78, 5) is 2.37. The van der Waals surface area contributed by atoms with Crippen molar-refractivity contribution in [2.24, 2.45) is 23.7 Å². The highest BCUT2D eigenvalue weighted by molar-refractivity contribution is 8.08. The molecule has 4 heteroatoms. The van der Waals surface area contributed by atoms with E-state index in [2.05, 4.69) is 107 Å². The summed E-state index contributed by atoms with van der Waals surface area (Å²) >= 11 is 1.80. The summed E-state index contributed by atoms with van der Waals surface area (Å²) in [5.41, 5.74) is 14.1. The molecule has 0 spiro atoms. The molecule has 2 saturated carbocycles. The standard InChI is InChI=1S/C47H59NO2S.C2H6/c1-5-10-35-13-19-40(20-14-35)41-23-17-36(18-24-41)31-49-44-29-30-45(50-32-37-15-21-39(22-16-37)38-11-8-7-9-12-38)47(34(44)4)51-46(33(3)6-2)42-25-27-43(48)28-26-42;1-2/h7-9,11-12,15-16,21-22,25-30,35-36,40-41H,5-6,10,13-14,17-20,23-24,31-32,48H2,1-4H3;1-2H3/b46-33-;. The van der Waals surface area contributed by atoms with Gasteiger partial charge in [-0.15, -0.1) is 0 Å². The van der Waals surface area contributed by atoms with Crippen molar-refractivity contribution in [3.63, 3.8) is 0 Å². The van der Waals surface area contributed by atoms with Gasteiger partial charge in [0.15, 0.2) is 0 Å². The van der Waals surface area contributed by atoms with Crippen LogP contribution >= 0.6 is 11.8 Å². The van der Waals surface area contributed by atoms with Crippen molar-refractivity contribution in [2.45, 2.75) is 124 Å². The van der Waals surface area contributed by atoms with Crippen LogP contribution in [0.5, 0.6) is 11.5 Å². The van der Waals surface area contributed by atoms with Crippen LogP contribution in [0.15, 0.2) is 101 Å². The third-order valence-electron chi connectivity index (χ3n) is 11.7. The number of anilines is 1. The third-order valence-corrected chi connectivity index (χ3v) is 13.2. The molecule has 0 heterocycles. The lowest BCUT2D eigenvalue weighted by atomic mass is 9.69. The van der Waals surface area contributed by atoms with Gasteiger partial charge < -0.3 is 15.2 Å². The number of benzene rings is 4. The van der Waals surface area contributed by atoms with Crippen molar-refractivity contribution < 1.29 is 9.47 Å². The Hall–Kier alpha value is -3.63. The van der Waals surface area contributed by atoms with E-state index in [1.165, 1.54) is 91.4 Å². The van der Waals surface area contributed by atoms with Crippen molar-refractivity contribution >= 4 is 22.4 Å². The van der Waals surface area contributed by atoms with Gasteiger partial charge in [0.1, 0.15) is 18.1 Å². The van der Waals surface area contributed by atoms with Crippen LogP contribution in [0.1, 0.15) is 122 Å². The first-order valence-electron chi connectivity index (χ1n) is 20.7. The van der Waals surface area contributed by atoms with E-state index in [4.69, 9.17) is 15.2 Å².